The number of likely N-dealkylation sites (tertiary alicyclic amines) is 1. The molecule has 0 saturated carbocycles. The Kier molecular flexibility index (Phi) is 6.65. The molecule has 1 aliphatic rings. The second-order valence-electron chi connectivity index (χ2n) is 6.96. The highest BCUT2D eigenvalue weighted by atomic mass is 15.2. The lowest BCUT2D eigenvalue weighted by Gasteiger charge is -2.39. The smallest absolute Gasteiger partial charge is 0.0220 e. The molecule has 1 unspecified atom stereocenters. The summed E-state index contributed by atoms with van der Waals surface area (Å²) < 4.78 is 0. The molecule has 1 aliphatic heterocycles. The molecule has 2 heteroatoms. The lowest BCUT2D eigenvalue weighted by Crippen LogP contribution is -2.50. The van der Waals surface area contributed by atoms with Gasteiger partial charge in [-0.15, -0.1) is 0 Å². The van der Waals surface area contributed by atoms with E-state index in [1.807, 2.05) is 0 Å². The summed E-state index contributed by atoms with van der Waals surface area (Å²) in [6.45, 7) is 15.2. The quantitative estimate of drug-likeness (QED) is 0.778. The Morgan fingerprint density at radius 3 is 2.39 bits per heavy atom. The Morgan fingerprint density at radius 2 is 1.83 bits per heavy atom. The molecule has 0 aromatic heterocycles. The lowest BCUT2D eigenvalue weighted by molar-refractivity contribution is 0.115. The molecule has 0 amide bonds. The van der Waals surface area contributed by atoms with E-state index >= 15 is 0 Å². The van der Waals surface area contributed by atoms with Gasteiger partial charge < -0.3 is 5.32 Å². The molecule has 1 fully saturated rings. The van der Waals surface area contributed by atoms with Crippen molar-refractivity contribution in [1.82, 2.24) is 10.2 Å². The highest BCUT2D eigenvalue weighted by Gasteiger charge is 2.25. The highest BCUT2D eigenvalue weighted by molar-refractivity contribution is 4.83. The molecule has 0 aromatic carbocycles. The third kappa shape index (κ3) is 5.71. The van der Waals surface area contributed by atoms with Crippen LogP contribution in [0.4, 0.5) is 0 Å². The second kappa shape index (κ2) is 7.49. The van der Waals surface area contributed by atoms with Crippen molar-refractivity contribution >= 4 is 0 Å². The average molecular weight is 254 g/mol. The first-order valence-electron chi connectivity index (χ1n) is 7.95. The monoisotopic (exact) mass is 254 g/mol. The fourth-order valence-corrected chi connectivity index (χ4v) is 2.83. The van der Waals surface area contributed by atoms with Gasteiger partial charge in [-0.25, -0.2) is 0 Å². The SMILES string of the molecule is CCC(CC)CN1CCCCC1CNC(C)(C)C. The molecule has 1 saturated heterocycles. The van der Waals surface area contributed by atoms with Crippen LogP contribution in [0.25, 0.3) is 0 Å². The van der Waals surface area contributed by atoms with Crippen LogP contribution < -0.4 is 5.32 Å². The summed E-state index contributed by atoms with van der Waals surface area (Å²) in [6, 6.07) is 0.763. The van der Waals surface area contributed by atoms with Gasteiger partial charge in [-0.2, -0.15) is 0 Å². The summed E-state index contributed by atoms with van der Waals surface area (Å²) in [7, 11) is 0. The Morgan fingerprint density at radius 1 is 1.17 bits per heavy atom. The van der Waals surface area contributed by atoms with Gasteiger partial charge in [-0.1, -0.05) is 33.1 Å². The first-order valence-corrected chi connectivity index (χ1v) is 7.95. The predicted molar refractivity (Wildman–Crippen MR) is 81.0 cm³/mol. The molecule has 18 heavy (non-hydrogen) atoms. The van der Waals surface area contributed by atoms with Crippen molar-refractivity contribution in [2.24, 2.45) is 5.92 Å². The molecule has 1 N–H and O–H groups in total. The number of nitrogens with one attached hydrogen (secondary N) is 1. The van der Waals surface area contributed by atoms with Crippen molar-refractivity contribution in [2.75, 3.05) is 19.6 Å². The zero-order valence-electron chi connectivity index (χ0n) is 13.3. The van der Waals surface area contributed by atoms with Crippen LogP contribution in [0, 0.1) is 5.92 Å². The molecular formula is C16H34N2. The van der Waals surface area contributed by atoms with E-state index in [0.717, 1.165) is 18.5 Å². The molecule has 1 heterocycles. The van der Waals surface area contributed by atoms with E-state index in [2.05, 4.69) is 44.8 Å². The van der Waals surface area contributed by atoms with Crippen LogP contribution in [-0.4, -0.2) is 36.1 Å². The minimum atomic E-state index is 0.248. The van der Waals surface area contributed by atoms with E-state index in [4.69, 9.17) is 0 Å². The molecular weight excluding hydrogens is 220 g/mol. The predicted octanol–water partition coefficient (Wildman–Crippen LogP) is 3.67. The van der Waals surface area contributed by atoms with Crippen LogP contribution in [0.15, 0.2) is 0 Å². The zero-order valence-corrected chi connectivity index (χ0v) is 13.3. The molecule has 2 nitrogen and oxygen atoms in total. The molecule has 1 rings (SSSR count). The maximum absolute atomic E-state index is 3.69. The average Bonchev–Trinajstić information content (AvgIpc) is 2.33. The normalized spacial score (nSPS) is 22.7. The minimum absolute atomic E-state index is 0.248. The standard InChI is InChI=1S/C16H34N2/c1-6-14(7-2)13-18-11-9-8-10-15(18)12-17-16(3,4)5/h14-15,17H,6-13H2,1-5H3. The maximum Gasteiger partial charge on any atom is 0.0220 e. The van der Waals surface area contributed by atoms with E-state index in [9.17, 15) is 0 Å². The first kappa shape index (κ1) is 16.0. The van der Waals surface area contributed by atoms with Gasteiger partial charge in [-0.3, -0.25) is 4.90 Å². The summed E-state index contributed by atoms with van der Waals surface area (Å²) in [5, 5.41) is 3.69. The van der Waals surface area contributed by atoms with Crippen LogP contribution in [0.1, 0.15) is 66.7 Å². The fraction of sp³-hybridized carbons (Fsp3) is 1.00. The Balaban J connectivity index is 2.46. The zero-order chi connectivity index (χ0) is 13.6. The van der Waals surface area contributed by atoms with Crippen LogP contribution in [0.5, 0.6) is 0 Å². The molecule has 0 aliphatic carbocycles. The molecule has 1 atom stereocenters. The van der Waals surface area contributed by atoms with Crippen LogP contribution in [0.2, 0.25) is 0 Å². The van der Waals surface area contributed by atoms with Crippen LogP contribution in [0.3, 0.4) is 0 Å². The summed E-state index contributed by atoms with van der Waals surface area (Å²) in [5.74, 6) is 0.889. The van der Waals surface area contributed by atoms with Gasteiger partial charge in [0, 0.05) is 24.7 Å². The minimum Gasteiger partial charge on any atom is -0.311 e. The van der Waals surface area contributed by atoms with Gasteiger partial charge in [0.25, 0.3) is 0 Å². The Hall–Kier alpha value is -0.0800. The summed E-state index contributed by atoms with van der Waals surface area (Å²) in [6.07, 6.45) is 6.84. The van der Waals surface area contributed by atoms with Crippen molar-refractivity contribution in [3.05, 3.63) is 0 Å². The van der Waals surface area contributed by atoms with E-state index < -0.39 is 0 Å². The second-order valence-corrected chi connectivity index (χ2v) is 6.96. The van der Waals surface area contributed by atoms with Crippen molar-refractivity contribution in [3.63, 3.8) is 0 Å². The number of rotatable bonds is 6. The van der Waals surface area contributed by atoms with E-state index in [1.54, 1.807) is 0 Å². The topological polar surface area (TPSA) is 15.3 Å². The molecule has 0 spiro atoms. The van der Waals surface area contributed by atoms with Crippen molar-refractivity contribution in [1.29, 1.82) is 0 Å². The maximum atomic E-state index is 3.69. The summed E-state index contributed by atoms with van der Waals surface area (Å²) in [5.41, 5.74) is 0.248. The lowest BCUT2D eigenvalue weighted by atomic mass is 9.96. The van der Waals surface area contributed by atoms with Gasteiger partial charge >= 0.3 is 0 Å². The Labute approximate surface area is 115 Å². The first-order chi connectivity index (χ1) is 8.46. The largest absolute Gasteiger partial charge is 0.311 e. The number of hydrogen-bond donors (Lipinski definition) is 1. The summed E-state index contributed by atoms with van der Waals surface area (Å²) in [4.78, 5) is 2.75. The van der Waals surface area contributed by atoms with Gasteiger partial charge in [0.05, 0.1) is 0 Å². The number of hydrogen-bond acceptors (Lipinski definition) is 2. The van der Waals surface area contributed by atoms with Crippen LogP contribution >= 0.6 is 0 Å². The van der Waals surface area contributed by atoms with Crippen molar-refractivity contribution in [3.8, 4) is 0 Å². The fourth-order valence-electron chi connectivity index (χ4n) is 2.83. The molecule has 0 bridgehead atoms. The van der Waals surface area contributed by atoms with E-state index in [-0.39, 0.29) is 5.54 Å². The molecule has 108 valence electrons. The van der Waals surface area contributed by atoms with E-state index in [0.29, 0.717) is 0 Å². The van der Waals surface area contributed by atoms with Gasteiger partial charge in [0.15, 0.2) is 0 Å². The number of piperidine rings is 1. The highest BCUT2D eigenvalue weighted by Crippen LogP contribution is 2.20. The Bertz CT molecular complexity index is 216. The molecule has 0 radical (unpaired) electrons. The molecule has 0 aromatic rings. The van der Waals surface area contributed by atoms with Gasteiger partial charge in [0.1, 0.15) is 0 Å². The van der Waals surface area contributed by atoms with Crippen LogP contribution in [-0.2, 0) is 0 Å². The van der Waals surface area contributed by atoms with E-state index in [1.165, 1.54) is 45.2 Å². The van der Waals surface area contributed by atoms with Gasteiger partial charge in [0.2, 0.25) is 0 Å². The van der Waals surface area contributed by atoms with Crippen molar-refractivity contribution in [2.45, 2.75) is 78.3 Å². The number of nitrogens with zero attached hydrogens (tertiary/aromatic N) is 1. The van der Waals surface area contributed by atoms with Crippen molar-refractivity contribution < 1.29 is 0 Å². The van der Waals surface area contributed by atoms with Gasteiger partial charge in [-0.05, 0) is 46.1 Å². The third-order valence-electron chi connectivity index (χ3n) is 4.26. The third-order valence-corrected chi connectivity index (χ3v) is 4.26. The summed E-state index contributed by atoms with van der Waals surface area (Å²) >= 11 is 0.